The van der Waals surface area contributed by atoms with Crippen LogP contribution in [0.2, 0.25) is 0 Å². The Kier molecular flexibility index (Phi) is 4.33. The molecular weight excluding hydrogens is 246 g/mol. The second-order valence-corrected chi connectivity index (χ2v) is 5.18. The first-order chi connectivity index (χ1) is 8.74. The first kappa shape index (κ1) is 13.1. The average Bonchev–Trinajstić information content (AvgIpc) is 2.87. The third-order valence-electron chi connectivity index (χ3n) is 2.88. The smallest absolute Gasteiger partial charge is 0.122 e. The number of rotatable bonds is 5. The summed E-state index contributed by atoms with van der Waals surface area (Å²) in [6, 6.07) is 7.97. The van der Waals surface area contributed by atoms with Crippen LogP contribution in [0.3, 0.4) is 0 Å². The summed E-state index contributed by atoms with van der Waals surface area (Å²) in [6.45, 7) is 2.11. The predicted octanol–water partition coefficient (Wildman–Crippen LogP) is 2.84. The highest BCUT2D eigenvalue weighted by molar-refractivity contribution is 7.09. The van der Waals surface area contributed by atoms with Gasteiger partial charge in [-0.1, -0.05) is 25.1 Å². The van der Waals surface area contributed by atoms with Gasteiger partial charge in [0.15, 0.2) is 0 Å². The summed E-state index contributed by atoms with van der Waals surface area (Å²) in [6.07, 6.45) is 0.771. The molecule has 18 heavy (non-hydrogen) atoms. The van der Waals surface area contributed by atoms with Crippen molar-refractivity contribution in [3.8, 4) is 5.75 Å². The highest BCUT2D eigenvalue weighted by atomic mass is 32.1. The summed E-state index contributed by atoms with van der Waals surface area (Å²) < 4.78 is 5.33. The lowest BCUT2D eigenvalue weighted by molar-refractivity contribution is 0.271. The topological polar surface area (TPSA) is 42.4 Å². The van der Waals surface area contributed by atoms with E-state index >= 15 is 0 Å². The molecule has 1 atom stereocenters. The maximum Gasteiger partial charge on any atom is 0.122 e. The van der Waals surface area contributed by atoms with Gasteiger partial charge in [0.05, 0.1) is 24.4 Å². The van der Waals surface area contributed by atoms with Crippen LogP contribution in [0.5, 0.6) is 5.75 Å². The Bertz CT molecular complexity index is 510. The van der Waals surface area contributed by atoms with Gasteiger partial charge in [0.2, 0.25) is 0 Å². The molecule has 0 aliphatic rings. The first-order valence-corrected chi connectivity index (χ1v) is 6.79. The molecule has 0 amide bonds. The largest absolute Gasteiger partial charge is 0.496 e. The summed E-state index contributed by atoms with van der Waals surface area (Å²) in [5.74, 6) is 0.997. The summed E-state index contributed by atoms with van der Waals surface area (Å²) in [5, 5.41) is 12.2. The van der Waals surface area contributed by atoms with Crippen LogP contribution in [-0.4, -0.2) is 23.8 Å². The van der Waals surface area contributed by atoms with Gasteiger partial charge in [-0.25, -0.2) is 4.98 Å². The zero-order chi connectivity index (χ0) is 13.0. The number of nitrogens with zero attached hydrogens (tertiary/aromatic N) is 1. The monoisotopic (exact) mass is 263 g/mol. The van der Waals surface area contributed by atoms with Gasteiger partial charge < -0.3 is 9.84 Å². The van der Waals surface area contributed by atoms with Crippen molar-refractivity contribution in [2.45, 2.75) is 19.3 Å². The van der Waals surface area contributed by atoms with Crippen molar-refractivity contribution >= 4 is 11.3 Å². The second kappa shape index (κ2) is 5.98. The number of aliphatic hydroxyl groups excluding tert-OH is 1. The van der Waals surface area contributed by atoms with Crippen molar-refractivity contribution < 1.29 is 9.84 Å². The molecular formula is C14H17NO2S. The molecule has 1 unspecified atom stereocenters. The fraction of sp³-hybridized carbons (Fsp3) is 0.357. The van der Waals surface area contributed by atoms with Gasteiger partial charge in [-0.05, 0) is 6.07 Å². The zero-order valence-electron chi connectivity index (χ0n) is 10.6. The van der Waals surface area contributed by atoms with Crippen LogP contribution >= 0.6 is 11.3 Å². The molecule has 1 aromatic carbocycles. The van der Waals surface area contributed by atoms with Crippen molar-refractivity contribution in [3.63, 3.8) is 0 Å². The van der Waals surface area contributed by atoms with Crippen LogP contribution < -0.4 is 4.74 Å². The SMILES string of the molecule is COc1ccccc1Cc1nc(C(C)CO)cs1. The lowest BCUT2D eigenvalue weighted by Gasteiger charge is -2.06. The molecule has 0 bridgehead atoms. The fourth-order valence-corrected chi connectivity index (χ4v) is 2.68. The Labute approximate surface area is 111 Å². The van der Waals surface area contributed by atoms with Gasteiger partial charge in [0, 0.05) is 23.3 Å². The van der Waals surface area contributed by atoms with E-state index in [2.05, 4.69) is 11.1 Å². The summed E-state index contributed by atoms with van der Waals surface area (Å²) in [7, 11) is 1.68. The van der Waals surface area contributed by atoms with E-state index in [1.165, 1.54) is 0 Å². The molecule has 1 heterocycles. The molecule has 0 aliphatic heterocycles. The summed E-state index contributed by atoms with van der Waals surface area (Å²) in [5.41, 5.74) is 2.10. The lowest BCUT2D eigenvalue weighted by atomic mass is 10.1. The third kappa shape index (κ3) is 2.89. The Balaban J connectivity index is 2.16. The van der Waals surface area contributed by atoms with E-state index in [9.17, 15) is 0 Å². The Morgan fingerprint density at radius 1 is 1.39 bits per heavy atom. The molecule has 0 saturated heterocycles. The minimum atomic E-state index is 0.104. The molecule has 1 aromatic heterocycles. The van der Waals surface area contributed by atoms with Crippen LogP contribution in [0.25, 0.3) is 0 Å². The summed E-state index contributed by atoms with van der Waals surface area (Å²) in [4.78, 5) is 4.55. The number of methoxy groups -OCH3 is 1. The molecule has 96 valence electrons. The van der Waals surface area contributed by atoms with E-state index in [0.29, 0.717) is 0 Å². The standard InChI is InChI=1S/C14H17NO2S/c1-10(8-16)12-9-18-14(15-12)7-11-5-3-4-6-13(11)17-2/h3-6,9-10,16H,7-8H2,1-2H3. The molecule has 1 N–H and O–H groups in total. The normalized spacial score (nSPS) is 12.4. The fourth-order valence-electron chi connectivity index (χ4n) is 1.74. The van der Waals surface area contributed by atoms with Gasteiger partial charge in [0.1, 0.15) is 5.75 Å². The molecule has 4 heteroatoms. The van der Waals surface area contributed by atoms with Crippen molar-refractivity contribution in [3.05, 3.63) is 45.9 Å². The van der Waals surface area contributed by atoms with E-state index in [1.807, 2.05) is 30.5 Å². The molecule has 0 saturated carbocycles. The van der Waals surface area contributed by atoms with Gasteiger partial charge in [-0.15, -0.1) is 11.3 Å². The van der Waals surface area contributed by atoms with Crippen LogP contribution in [-0.2, 0) is 6.42 Å². The van der Waals surface area contributed by atoms with Crippen molar-refractivity contribution in [2.24, 2.45) is 0 Å². The molecule has 2 aromatic rings. The van der Waals surface area contributed by atoms with Crippen molar-refractivity contribution in [1.29, 1.82) is 0 Å². The van der Waals surface area contributed by atoms with Crippen LogP contribution in [0.15, 0.2) is 29.6 Å². The van der Waals surface area contributed by atoms with E-state index in [0.717, 1.165) is 28.4 Å². The molecule has 0 fully saturated rings. The molecule has 0 aliphatic carbocycles. The van der Waals surface area contributed by atoms with Crippen molar-refractivity contribution in [1.82, 2.24) is 4.98 Å². The van der Waals surface area contributed by atoms with Gasteiger partial charge >= 0.3 is 0 Å². The predicted molar refractivity (Wildman–Crippen MR) is 73.4 cm³/mol. The molecule has 0 spiro atoms. The Morgan fingerprint density at radius 2 is 2.17 bits per heavy atom. The first-order valence-electron chi connectivity index (χ1n) is 5.91. The number of benzene rings is 1. The quantitative estimate of drug-likeness (QED) is 0.902. The Hall–Kier alpha value is -1.39. The van der Waals surface area contributed by atoms with Gasteiger partial charge in [0.25, 0.3) is 0 Å². The maximum absolute atomic E-state index is 9.11. The number of aliphatic hydroxyl groups is 1. The highest BCUT2D eigenvalue weighted by Gasteiger charge is 2.10. The van der Waals surface area contributed by atoms with Gasteiger partial charge in [-0.3, -0.25) is 0 Å². The van der Waals surface area contributed by atoms with E-state index < -0.39 is 0 Å². The molecule has 0 radical (unpaired) electrons. The summed E-state index contributed by atoms with van der Waals surface area (Å²) >= 11 is 1.63. The number of para-hydroxylation sites is 1. The number of thiazole rings is 1. The minimum Gasteiger partial charge on any atom is -0.496 e. The van der Waals surface area contributed by atoms with Gasteiger partial charge in [-0.2, -0.15) is 0 Å². The number of hydrogen-bond donors (Lipinski definition) is 1. The third-order valence-corrected chi connectivity index (χ3v) is 3.75. The average molecular weight is 263 g/mol. The van der Waals surface area contributed by atoms with Crippen LogP contribution in [0.4, 0.5) is 0 Å². The highest BCUT2D eigenvalue weighted by Crippen LogP contribution is 2.24. The molecule has 2 rings (SSSR count). The second-order valence-electron chi connectivity index (χ2n) is 4.24. The van der Waals surface area contributed by atoms with E-state index in [1.54, 1.807) is 18.4 Å². The molecule has 3 nitrogen and oxygen atoms in total. The van der Waals surface area contributed by atoms with Crippen molar-refractivity contribution in [2.75, 3.05) is 13.7 Å². The van der Waals surface area contributed by atoms with Crippen LogP contribution in [0.1, 0.15) is 29.1 Å². The number of aromatic nitrogens is 1. The number of hydrogen-bond acceptors (Lipinski definition) is 4. The maximum atomic E-state index is 9.11. The minimum absolute atomic E-state index is 0.104. The zero-order valence-corrected chi connectivity index (χ0v) is 11.4. The van der Waals surface area contributed by atoms with E-state index in [4.69, 9.17) is 9.84 Å². The lowest BCUT2D eigenvalue weighted by Crippen LogP contribution is -1.99. The Morgan fingerprint density at radius 3 is 2.89 bits per heavy atom. The van der Waals surface area contributed by atoms with E-state index in [-0.39, 0.29) is 12.5 Å². The van der Waals surface area contributed by atoms with Crippen LogP contribution in [0, 0.1) is 0 Å². The number of ether oxygens (including phenoxy) is 1.